The summed E-state index contributed by atoms with van der Waals surface area (Å²) < 4.78 is 30.9. The Morgan fingerprint density at radius 2 is 2.00 bits per heavy atom. The third kappa shape index (κ3) is 5.79. The third-order valence-electron chi connectivity index (χ3n) is 2.60. The average molecular weight is 252 g/mol. The monoisotopic (exact) mass is 252 g/mol. The maximum atomic E-state index is 11.7. The maximum absolute atomic E-state index is 11.7. The first-order valence-corrected chi connectivity index (χ1v) is 6.97. The zero-order chi connectivity index (χ0) is 12.8. The Morgan fingerprint density at radius 1 is 1.44 bits per heavy atom. The molecule has 0 aromatic heterocycles. The van der Waals surface area contributed by atoms with Crippen molar-refractivity contribution in [2.24, 2.45) is 11.1 Å². The first-order valence-electron chi connectivity index (χ1n) is 5.42. The van der Waals surface area contributed by atoms with Crippen LogP contribution < -0.4 is 10.5 Å². The predicted octanol–water partition coefficient (Wildman–Crippen LogP) is 0.316. The van der Waals surface area contributed by atoms with Crippen molar-refractivity contribution in [3.8, 4) is 0 Å². The van der Waals surface area contributed by atoms with E-state index in [1.807, 2.05) is 13.8 Å². The molecular formula is C10H24N2O3S. The molecule has 98 valence electrons. The third-order valence-corrected chi connectivity index (χ3v) is 4.40. The number of hydrogen-bond donors (Lipinski definition) is 2. The van der Waals surface area contributed by atoms with E-state index < -0.39 is 15.3 Å². The van der Waals surface area contributed by atoms with Crippen molar-refractivity contribution in [1.29, 1.82) is 0 Å². The predicted molar refractivity (Wildman–Crippen MR) is 65.7 cm³/mol. The molecule has 6 heteroatoms. The molecule has 3 N–H and O–H groups in total. The van der Waals surface area contributed by atoms with Crippen LogP contribution >= 0.6 is 0 Å². The number of nitrogens with one attached hydrogen (secondary N) is 1. The number of sulfonamides is 1. The van der Waals surface area contributed by atoms with E-state index in [1.165, 1.54) is 0 Å². The van der Waals surface area contributed by atoms with Crippen molar-refractivity contribution in [2.75, 3.05) is 26.8 Å². The van der Waals surface area contributed by atoms with Gasteiger partial charge in [0.25, 0.3) is 0 Å². The van der Waals surface area contributed by atoms with Gasteiger partial charge in [0.15, 0.2) is 0 Å². The molecule has 0 aliphatic rings. The van der Waals surface area contributed by atoms with Crippen molar-refractivity contribution in [2.45, 2.75) is 32.4 Å². The van der Waals surface area contributed by atoms with Gasteiger partial charge in [-0.1, -0.05) is 13.8 Å². The van der Waals surface area contributed by atoms with Gasteiger partial charge in [-0.3, -0.25) is 0 Å². The van der Waals surface area contributed by atoms with Gasteiger partial charge in [0.2, 0.25) is 10.0 Å². The van der Waals surface area contributed by atoms with Crippen LogP contribution in [0.2, 0.25) is 0 Å². The zero-order valence-corrected chi connectivity index (χ0v) is 11.4. The van der Waals surface area contributed by atoms with Crippen LogP contribution in [0, 0.1) is 5.41 Å². The fourth-order valence-corrected chi connectivity index (χ4v) is 2.16. The van der Waals surface area contributed by atoms with Crippen molar-refractivity contribution in [1.82, 2.24) is 4.72 Å². The van der Waals surface area contributed by atoms with Gasteiger partial charge in [0, 0.05) is 26.8 Å². The average Bonchev–Trinajstić information content (AvgIpc) is 2.23. The maximum Gasteiger partial charge on any atom is 0.215 e. The lowest BCUT2D eigenvalue weighted by atomic mass is 9.90. The molecule has 0 rings (SSSR count). The first-order chi connectivity index (χ1) is 7.25. The molecule has 0 aliphatic heterocycles. The lowest BCUT2D eigenvalue weighted by Gasteiger charge is -2.25. The molecule has 0 bridgehead atoms. The van der Waals surface area contributed by atoms with E-state index in [1.54, 1.807) is 14.0 Å². The molecule has 0 aliphatic carbocycles. The standard InChI is InChI=1S/C10H24N2O3S/c1-9(7-11)16(13,14)12-8-10(2,3)5-6-15-4/h9,12H,5-8,11H2,1-4H3. The minimum Gasteiger partial charge on any atom is -0.385 e. The van der Waals surface area contributed by atoms with Gasteiger partial charge in [-0.05, 0) is 18.8 Å². The summed E-state index contributed by atoms with van der Waals surface area (Å²) in [5.74, 6) is 0. The Kier molecular flexibility index (Phi) is 6.47. The second kappa shape index (κ2) is 6.54. The fraction of sp³-hybridized carbons (Fsp3) is 1.00. The quantitative estimate of drug-likeness (QED) is 0.651. The van der Waals surface area contributed by atoms with Crippen molar-refractivity contribution in [3.63, 3.8) is 0 Å². The smallest absolute Gasteiger partial charge is 0.215 e. The van der Waals surface area contributed by atoms with E-state index in [2.05, 4.69) is 4.72 Å². The van der Waals surface area contributed by atoms with Crippen LogP contribution in [0.4, 0.5) is 0 Å². The summed E-state index contributed by atoms with van der Waals surface area (Å²) in [4.78, 5) is 0. The van der Waals surface area contributed by atoms with Gasteiger partial charge in [-0.25, -0.2) is 13.1 Å². The first kappa shape index (κ1) is 15.8. The van der Waals surface area contributed by atoms with Crippen LogP contribution in [0.3, 0.4) is 0 Å². The van der Waals surface area contributed by atoms with E-state index in [9.17, 15) is 8.42 Å². The Bertz CT molecular complexity index is 288. The molecule has 5 nitrogen and oxygen atoms in total. The van der Waals surface area contributed by atoms with Gasteiger partial charge in [-0.2, -0.15) is 0 Å². The molecular weight excluding hydrogens is 228 g/mol. The van der Waals surface area contributed by atoms with Crippen LogP contribution in [0.5, 0.6) is 0 Å². The van der Waals surface area contributed by atoms with Crippen LogP contribution in [0.25, 0.3) is 0 Å². The number of nitrogens with two attached hydrogens (primary N) is 1. The topological polar surface area (TPSA) is 81.4 Å². The molecule has 0 radical (unpaired) electrons. The second-order valence-corrected chi connectivity index (χ2v) is 7.00. The lowest BCUT2D eigenvalue weighted by molar-refractivity contribution is 0.153. The lowest BCUT2D eigenvalue weighted by Crippen LogP contribution is -2.41. The minimum absolute atomic E-state index is 0.114. The number of hydrogen-bond acceptors (Lipinski definition) is 4. The molecule has 16 heavy (non-hydrogen) atoms. The number of ether oxygens (including phenoxy) is 1. The van der Waals surface area contributed by atoms with Gasteiger partial charge in [-0.15, -0.1) is 0 Å². The van der Waals surface area contributed by atoms with Gasteiger partial charge in [0.1, 0.15) is 0 Å². The highest BCUT2D eigenvalue weighted by molar-refractivity contribution is 7.90. The molecule has 0 aromatic carbocycles. The highest BCUT2D eigenvalue weighted by Gasteiger charge is 2.24. The van der Waals surface area contributed by atoms with E-state index in [0.29, 0.717) is 13.2 Å². The molecule has 0 fully saturated rings. The molecule has 0 amide bonds. The summed E-state index contributed by atoms with van der Waals surface area (Å²) in [5.41, 5.74) is 5.22. The Balaban J connectivity index is 4.23. The van der Waals surface area contributed by atoms with E-state index in [-0.39, 0.29) is 12.0 Å². The minimum atomic E-state index is -3.28. The summed E-state index contributed by atoms with van der Waals surface area (Å²) in [5, 5.41) is -0.550. The van der Waals surface area contributed by atoms with Crippen molar-refractivity contribution >= 4 is 10.0 Å². The summed E-state index contributed by atoms with van der Waals surface area (Å²) >= 11 is 0. The molecule has 0 saturated heterocycles. The highest BCUT2D eigenvalue weighted by atomic mass is 32.2. The van der Waals surface area contributed by atoms with E-state index >= 15 is 0 Å². The van der Waals surface area contributed by atoms with Gasteiger partial charge < -0.3 is 10.5 Å². The van der Waals surface area contributed by atoms with Gasteiger partial charge in [0.05, 0.1) is 5.25 Å². The molecule has 1 unspecified atom stereocenters. The summed E-state index contributed by atoms with van der Waals surface area (Å²) in [6.07, 6.45) is 0.809. The molecule has 0 spiro atoms. The Morgan fingerprint density at radius 3 is 2.44 bits per heavy atom. The Labute approximate surface area is 98.8 Å². The van der Waals surface area contributed by atoms with Crippen molar-refractivity contribution < 1.29 is 13.2 Å². The van der Waals surface area contributed by atoms with Crippen LogP contribution in [0.1, 0.15) is 27.2 Å². The van der Waals surface area contributed by atoms with Crippen LogP contribution in [-0.2, 0) is 14.8 Å². The normalized spacial score (nSPS) is 15.1. The van der Waals surface area contributed by atoms with Crippen LogP contribution in [0.15, 0.2) is 0 Å². The van der Waals surface area contributed by atoms with E-state index in [4.69, 9.17) is 10.5 Å². The summed E-state index contributed by atoms with van der Waals surface area (Å²) in [6, 6.07) is 0. The Hall–Kier alpha value is -0.170. The largest absolute Gasteiger partial charge is 0.385 e. The molecule has 1 atom stereocenters. The second-order valence-electron chi connectivity index (χ2n) is 4.82. The molecule has 0 aromatic rings. The highest BCUT2D eigenvalue weighted by Crippen LogP contribution is 2.19. The zero-order valence-electron chi connectivity index (χ0n) is 10.6. The van der Waals surface area contributed by atoms with E-state index in [0.717, 1.165) is 6.42 Å². The summed E-state index contributed by atoms with van der Waals surface area (Å²) in [7, 11) is -1.65. The molecule has 0 saturated carbocycles. The number of rotatable bonds is 8. The fourth-order valence-electron chi connectivity index (χ4n) is 1.03. The summed E-state index contributed by atoms with van der Waals surface area (Å²) in [6.45, 7) is 6.77. The van der Waals surface area contributed by atoms with Gasteiger partial charge >= 0.3 is 0 Å². The molecule has 0 heterocycles. The number of methoxy groups -OCH3 is 1. The van der Waals surface area contributed by atoms with Crippen molar-refractivity contribution in [3.05, 3.63) is 0 Å². The van der Waals surface area contributed by atoms with Crippen LogP contribution in [-0.4, -0.2) is 40.5 Å². The SMILES string of the molecule is COCCC(C)(C)CNS(=O)(=O)C(C)CN.